The van der Waals surface area contributed by atoms with Gasteiger partial charge in [-0.05, 0) is 4.52 Å². The summed E-state index contributed by atoms with van der Waals surface area (Å²) in [6.45, 7) is 0. The lowest BCUT2D eigenvalue weighted by molar-refractivity contribution is 0.390. The first kappa shape index (κ1) is 10.7. The Balaban J connectivity index is 4.47. The fraction of sp³-hybridized carbons (Fsp3) is 0. The molecule has 0 amide bonds. The van der Waals surface area contributed by atoms with Gasteiger partial charge in [0.15, 0.2) is 0 Å². The molecule has 7 N–H and O–H groups in total. The Hall–Kier alpha value is -0.300. The molecule has 0 saturated carbocycles. The molecule has 0 radical (unpaired) electrons. The van der Waals surface area contributed by atoms with Crippen LogP contribution in [-0.2, 0) is 20.4 Å². The summed E-state index contributed by atoms with van der Waals surface area (Å²) in [4.78, 5) is 1.21. The lowest BCUT2D eigenvalue weighted by Crippen LogP contribution is -2.54. The van der Waals surface area contributed by atoms with Crippen LogP contribution in [0.25, 0.3) is 0 Å². The first-order valence-corrected chi connectivity index (χ1v) is 5.06. The van der Waals surface area contributed by atoms with E-state index in [2.05, 4.69) is 16.1 Å². The molecule has 0 heterocycles. The minimum absolute atomic E-state index is 0.317. The second-order valence-corrected chi connectivity index (χ2v) is 4.17. The fourth-order valence-electron chi connectivity index (χ4n) is 0.177. The molecule has 0 aromatic heterocycles. The Morgan fingerprint density at radius 3 is 1.55 bits per heavy atom. The van der Waals surface area contributed by atoms with Gasteiger partial charge < -0.3 is 0 Å². The van der Waals surface area contributed by atoms with Crippen LogP contribution in [0.2, 0.25) is 0 Å². The van der Waals surface area contributed by atoms with E-state index in [9.17, 15) is 16.8 Å². The summed E-state index contributed by atoms with van der Waals surface area (Å²) in [6, 6.07) is 0. The van der Waals surface area contributed by atoms with Gasteiger partial charge in [0.05, 0.1) is 0 Å². The van der Waals surface area contributed by atoms with Crippen molar-refractivity contribution in [1.29, 1.82) is 0 Å². The Labute approximate surface area is 63.4 Å². The predicted octanol–water partition coefficient (Wildman–Crippen LogP) is -3.93. The van der Waals surface area contributed by atoms with Crippen molar-refractivity contribution in [3.63, 3.8) is 0 Å². The van der Waals surface area contributed by atoms with Crippen molar-refractivity contribution in [3.05, 3.63) is 0 Å². The average Bonchev–Trinajstić information content (AvgIpc) is 1.56. The molecule has 0 aliphatic carbocycles. The third-order valence-corrected chi connectivity index (χ3v) is 1.70. The maximum absolute atomic E-state index is 10.2. The molecule has 0 aliphatic rings. The Kier molecular flexibility index (Phi) is 2.90. The van der Waals surface area contributed by atoms with Crippen LogP contribution in [0, 0.1) is 0 Å². The molecular weight excluding hydrogens is 198 g/mol. The Bertz CT molecular complexity index is 310. The molecular formula is H7N5O4S2. The molecule has 0 spiro atoms. The first-order valence-electron chi connectivity index (χ1n) is 2.01. The number of hydrogen-bond donors (Lipinski definition) is 4. The highest BCUT2D eigenvalue weighted by molar-refractivity contribution is 7.89. The fourth-order valence-corrected chi connectivity index (χ4v) is 1.16. The standard InChI is InChI=1S/H7N5O4S2/c1-5(11(3,8)9)4-10(2,6)7/h4H,1H2,(H2,2,6,7)(H2,3,8,9). The maximum Gasteiger partial charge on any atom is 0.304 e. The van der Waals surface area contributed by atoms with Gasteiger partial charge in [-0.1, -0.05) is 0 Å². The van der Waals surface area contributed by atoms with E-state index in [-0.39, 0.29) is 4.52 Å². The highest BCUT2D eigenvalue weighted by Gasteiger charge is 2.16. The Morgan fingerprint density at radius 2 is 1.45 bits per heavy atom. The number of rotatable bonds is 3. The molecule has 9 nitrogen and oxygen atoms in total. The van der Waals surface area contributed by atoms with Crippen molar-refractivity contribution in [2.24, 2.45) is 16.1 Å². The van der Waals surface area contributed by atoms with E-state index in [0.717, 1.165) is 0 Å². The summed E-state index contributed by atoms with van der Waals surface area (Å²) >= 11 is 0. The molecule has 0 saturated heterocycles. The average molecular weight is 205 g/mol. The van der Waals surface area contributed by atoms with E-state index < -0.39 is 20.4 Å². The van der Waals surface area contributed by atoms with Crippen LogP contribution in [0.15, 0.2) is 0 Å². The molecule has 0 unspecified atom stereocenters. The van der Waals surface area contributed by atoms with E-state index in [1.54, 1.807) is 0 Å². The number of nitrogens with two attached hydrogens (primary N) is 3. The van der Waals surface area contributed by atoms with Crippen molar-refractivity contribution < 1.29 is 16.8 Å². The van der Waals surface area contributed by atoms with Crippen LogP contribution < -0.4 is 21.0 Å². The van der Waals surface area contributed by atoms with Crippen LogP contribution in [0.4, 0.5) is 0 Å². The first-order chi connectivity index (χ1) is 4.63. The largest absolute Gasteiger partial charge is 0.304 e. The zero-order valence-electron chi connectivity index (χ0n) is 5.13. The zero-order valence-corrected chi connectivity index (χ0v) is 6.76. The Morgan fingerprint density at radius 1 is 1.09 bits per heavy atom. The number of nitrogens with one attached hydrogen (secondary N) is 1. The van der Waals surface area contributed by atoms with Crippen molar-refractivity contribution in [1.82, 2.24) is 9.35 Å². The molecule has 11 heavy (non-hydrogen) atoms. The minimum Gasteiger partial charge on any atom is -0.239 e. The lowest BCUT2D eigenvalue weighted by atomic mass is 12.6. The maximum atomic E-state index is 10.2. The van der Waals surface area contributed by atoms with E-state index in [4.69, 9.17) is 0 Å². The van der Waals surface area contributed by atoms with Crippen LogP contribution in [0.1, 0.15) is 0 Å². The monoisotopic (exact) mass is 205 g/mol. The van der Waals surface area contributed by atoms with Gasteiger partial charge in [0, 0.05) is 0 Å². The van der Waals surface area contributed by atoms with Gasteiger partial charge in [-0.25, -0.2) is 16.1 Å². The summed E-state index contributed by atoms with van der Waals surface area (Å²) in [5.74, 6) is 4.59. The third kappa shape index (κ3) is 5.02. The van der Waals surface area contributed by atoms with Crippen molar-refractivity contribution in [2.75, 3.05) is 0 Å². The van der Waals surface area contributed by atoms with Gasteiger partial charge >= 0.3 is 10.2 Å². The van der Waals surface area contributed by atoms with Gasteiger partial charge in [-0.3, -0.25) is 0 Å². The van der Waals surface area contributed by atoms with Crippen molar-refractivity contribution >= 4 is 20.4 Å². The van der Waals surface area contributed by atoms with Crippen LogP contribution in [-0.4, -0.2) is 21.4 Å². The summed E-state index contributed by atoms with van der Waals surface area (Å²) in [5.41, 5.74) is 0. The van der Waals surface area contributed by atoms with Gasteiger partial charge in [0.25, 0.3) is 10.2 Å². The van der Waals surface area contributed by atoms with Crippen molar-refractivity contribution in [3.8, 4) is 0 Å². The van der Waals surface area contributed by atoms with Gasteiger partial charge in [0.1, 0.15) is 0 Å². The van der Waals surface area contributed by atoms with E-state index in [0.29, 0.717) is 0 Å². The van der Waals surface area contributed by atoms with Gasteiger partial charge in [-0.2, -0.15) is 16.8 Å². The number of nitrogens with zero attached hydrogens (tertiary/aromatic N) is 1. The van der Waals surface area contributed by atoms with E-state index in [1.807, 2.05) is 0 Å². The lowest BCUT2D eigenvalue weighted by Gasteiger charge is -2.11. The predicted molar refractivity (Wildman–Crippen MR) is 35.4 cm³/mol. The number of hydrogen-bond acceptors (Lipinski definition) is 5. The number of hydrazine groups is 2. The molecule has 68 valence electrons. The van der Waals surface area contributed by atoms with E-state index in [1.165, 1.54) is 4.83 Å². The van der Waals surface area contributed by atoms with E-state index >= 15 is 0 Å². The molecule has 0 aromatic carbocycles. The van der Waals surface area contributed by atoms with Crippen LogP contribution in [0.5, 0.6) is 0 Å². The second kappa shape index (κ2) is 2.98. The molecule has 0 aliphatic heterocycles. The third-order valence-electron chi connectivity index (χ3n) is 0.491. The SMILES string of the molecule is NN(NS(N)(=O)=O)S(N)(=O)=O. The van der Waals surface area contributed by atoms with Crippen LogP contribution in [0.3, 0.4) is 0 Å². The van der Waals surface area contributed by atoms with Crippen LogP contribution >= 0.6 is 0 Å². The molecule has 0 rings (SSSR count). The normalized spacial score (nSPS) is 13.8. The van der Waals surface area contributed by atoms with Gasteiger partial charge in [0.2, 0.25) is 0 Å². The summed E-state index contributed by atoms with van der Waals surface area (Å²) in [5, 5.41) is 8.73. The molecule has 0 atom stereocenters. The molecule has 11 heteroatoms. The zero-order chi connectivity index (χ0) is 9.28. The van der Waals surface area contributed by atoms with Crippen molar-refractivity contribution in [2.45, 2.75) is 0 Å². The topological polar surface area (TPSA) is 162 Å². The quantitative estimate of drug-likeness (QED) is 0.273. The second-order valence-electron chi connectivity index (χ2n) is 1.48. The smallest absolute Gasteiger partial charge is 0.239 e. The van der Waals surface area contributed by atoms with Gasteiger partial charge in [-0.15, -0.1) is 4.83 Å². The summed E-state index contributed by atoms with van der Waals surface area (Å²) < 4.78 is 40.3. The molecule has 0 aromatic rings. The highest BCUT2D eigenvalue weighted by Crippen LogP contribution is 1.79. The molecule has 0 fully saturated rings. The summed E-state index contributed by atoms with van der Waals surface area (Å²) in [6.07, 6.45) is 0. The summed E-state index contributed by atoms with van der Waals surface area (Å²) in [7, 11) is -8.51. The highest BCUT2D eigenvalue weighted by atomic mass is 32.2. The minimum atomic E-state index is -4.30. The molecule has 0 bridgehead atoms.